The van der Waals surface area contributed by atoms with Gasteiger partial charge in [0.05, 0.1) is 11.4 Å². The summed E-state index contributed by atoms with van der Waals surface area (Å²) in [6.45, 7) is 0. The minimum atomic E-state index is -0.512. The van der Waals surface area contributed by atoms with Gasteiger partial charge in [-0.05, 0) is 30.9 Å². The van der Waals surface area contributed by atoms with E-state index in [4.69, 9.17) is 15.5 Å². The van der Waals surface area contributed by atoms with Crippen molar-refractivity contribution in [3.05, 3.63) is 78.5 Å². The van der Waals surface area contributed by atoms with Crippen LogP contribution >= 0.6 is 0 Å². The first-order valence-electron chi connectivity index (χ1n) is 10.4. The zero-order chi connectivity index (χ0) is 21.4. The predicted molar refractivity (Wildman–Crippen MR) is 121 cm³/mol. The first kappa shape index (κ1) is 19.3. The lowest BCUT2D eigenvalue weighted by Crippen LogP contribution is -2.43. The van der Waals surface area contributed by atoms with Crippen LogP contribution in [0.1, 0.15) is 24.8 Å². The highest BCUT2D eigenvalue weighted by atomic mass is 16.5. The van der Waals surface area contributed by atoms with Crippen molar-refractivity contribution < 1.29 is 9.53 Å². The molecule has 2 aromatic carbocycles. The van der Waals surface area contributed by atoms with Gasteiger partial charge in [-0.15, -0.1) is 0 Å². The van der Waals surface area contributed by atoms with Crippen molar-refractivity contribution in [2.75, 3.05) is 7.05 Å². The van der Waals surface area contributed by atoms with E-state index in [1.54, 1.807) is 12.1 Å². The SMILES string of the molecule is CNC(=O)Oc1ccn2c(-c3ccccc3)c(-c3ccc(C4(N)CCC4)cc3)nc2c1. The lowest BCUT2D eigenvalue weighted by atomic mass is 9.72. The molecule has 1 aliphatic carbocycles. The van der Waals surface area contributed by atoms with Crippen molar-refractivity contribution in [3.63, 3.8) is 0 Å². The Morgan fingerprint density at radius 2 is 1.81 bits per heavy atom. The van der Waals surface area contributed by atoms with Crippen molar-refractivity contribution in [2.24, 2.45) is 5.73 Å². The molecule has 2 heterocycles. The van der Waals surface area contributed by atoms with Gasteiger partial charge < -0.3 is 15.8 Å². The number of fused-ring (bicyclic) bond motifs is 1. The maximum absolute atomic E-state index is 11.6. The fourth-order valence-corrected chi connectivity index (χ4v) is 4.13. The number of ether oxygens (including phenoxy) is 1. The Morgan fingerprint density at radius 1 is 1.06 bits per heavy atom. The summed E-state index contributed by atoms with van der Waals surface area (Å²) in [5.74, 6) is 0.438. The lowest BCUT2D eigenvalue weighted by Gasteiger charge is -2.38. The van der Waals surface area contributed by atoms with Gasteiger partial charge in [0.1, 0.15) is 11.4 Å². The summed E-state index contributed by atoms with van der Waals surface area (Å²) in [5.41, 5.74) is 12.1. The topological polar surface area (TPSA) is 81.6 Å². The number of imidazole rings is 1. The Kier molecular flexibility index (Phi) is 4.71. The molecule has 31 heavy (non-hydrogen) atoms. The van der Waals surface area contributed by atoms with E-state index in [2.05, 4.69) is 41.7 Å². The molecule has 1 aliphatic rings. The van der Waals surface area contributed by atoms with Crippen LogP contribution in [0, 0.1) is 0 Å². The molecule has 0 saturated heterocycles. The van der Waals surface area contributed by atoms with E-state index in [1.807, 2.05) is 28.8 Å². The molecule has 1 amide bonds. The number of nitrogens with zero attached hydrogens (tertiary/aromatic N) is 2. The van der Waals surface area contributed by atoms with Crippen LogP contribution in [0.25, 0.3) is 28.2 Å². The van der Waals surface area contributed by atoms with Gasteiger partial charge in [-0.2, -0.15) is 0 Å². The molecular formula is C25H24N4O2. The van der Waals surface area contributed by atoms with Gasteiger partial charge >= 0.3 is 6.09 Å². The van der Waals surface area contributed by atoms with Crippen LogP contribution in [-0.2, 0) is 5.54 Å². The fraction of sp³-hybridized carbons (Fsp3) is 0.200. The average molecular weight is 412 g/mol. The van der Waals surface area contributed by atoms with Crippen molar-refractivity contribution in [1.82, 2.24) is 14.7 Å². The molecule has 6 nitrogen and oxygen atoms in total. The number of nitrogens with two attached hydrogens (primary N) is 1. The first-order chi connectivity index (χ1) is 15.1. The standard InChI is InChI=1S/C25H24N4O2/c1-27-24(30)31-20-12-15-29-21(16-20)28-22(23(29)18-6-3-2-4-7-18)17-8-10-19(11-9-17)25(26)13-5-14-25/h2-4,6-12,15-16H,5,13-14,26H2,1H3,(H,27,30). The number of hydrogen-bond acceptors (Lipinski definition) is 4. The average Bonchev–Trinajstić information content (AvgIpc) is 3.17. The van der Waals surface area contributed by atoms with Gasteiger partial charge in [0.25, 0.3) is 0 Å². The Balaban J connectivity index is 1.63. The van der Waals surface area contributed by atoms with Crippen LogP contribution in [0.4, 0.5) is 4.79 Å². The molecular weight excluding hydrogens is 388 g/mol. The number of pyridine rings is 1. The van der Waals surface area contributed by atoms with Crippen LogP contribution in [0.2, 0.25) is 0 Å². The molecule has 156 valence electrons. The van der Waals surface area contributed by atoms with Gasteiger partial charge in [0.2, 0.25) is 0 Å². The molecule has 3 N–H and O–H groups in total. The van der Waals surface area contributed by atoms with Crippen LogP contribution < -0.4 is 15.8 Å². The molecule has 0 aliphatic heterocycles. The number of nitrogens with one attached hydrogen (secondary N) is 1. The molecule has 0 bridgehead atoms. The number of aromatic nitrogens is 2. The number of hydrogen-bond donors (Lipinski definition) is 2. The monoisotopic (exact) mass is 412 g/mol. The molecule has 2 aromatic heterocycles. The zero-order valence-corrected chi connectivity index (χ0v) is 17.3. The van der Waals surface area contributed by atoms with E-state index >= 15 is 0 Å². The van der Waals surface area contributed by atoms with Crippen molar-refractivity contribution >= 4 is 11.7 Å². The van der Waals surface area contributed by atoms with E-state index in [0.29, 0.717) is 11.4 Å². The predicted octanol–water partition coefficient (Wildman–Crippen LogP) is 4.72. The van der Waals surface area contributed by atoms with Crippen molar-refractivity contribution in [3.8, 4) is 28.3 Å². The van der Waals surface area contributed by atoms with Gasteiger partial charge in [-0.1, -0.05) is 54.6 Å². The maximum atomic E-state index is 11.6. The molecule has 6 heteroatoms. The summed E-state index contributed by atoms with van der Waals surface area (Å²) in [7, 11) is 1.53. The number of rotatable bonds is 4. The summed E-state index contributed by atoms with van der Waals surface area (Å²) in [6, 6.07) is 22.1. The number of benzene rings is 2. The smallest absolute Gasteiger partial charge is 0.410 e. The lowest BCUT2D eigenvalue weighted by molar-refractivity contribution is 0.203. The molecule has 0 radical (unpaired) electrons. The Bertz CT molecular complexity index is 1240. The molecule has 0 unspecified atom stereocenters. The van der Waals surface area contributed by atoms with Crippen LogP contribution in [-0.4, -0.2) is 22.5 Å². The number of carbonyl (C=O) groups is 1. The number of amides is 1. The van der Waals surface area contributed by atoms with E-state index in [1.165, 1.54) is 19.0 Å². The van der Waals surface area contributed by atoms with Crippen LogP contribution in [0.15, 0.2) is 72.9 Å². The Labute approximate surface area is 180 Å². The summed E-state index contributed by atoms with van der Waals surface area (Å²) in [5, 5.41) is 2.46. The molecule has 1 saturated carbocycles. The van der Waals surface area contributed by atoms with Crippen molar-refractivity contribution in [2.45, 2.75) is 24.8 Å². The second-order valence-electron chi connectivity index (χ2n) is 7.99. The summed E-state index contributed by atoms with van der Waals surface area (Å²) in [4.78, 5) is 16.5. The van der Waals surface area contributed by atoms with Crippen LogP contribution in [0.3, 0.4) is 0 Å². The van der Waals surface area contributed by atoms with E-state index < -0.39 is 6.09 Å². The molecule has 0 spiro atoms. The van der Waals surface area contributed by atoms with E-state index in [9.17, 15) is 4.79 Å². The highest BCUT2D eigenvalue weighted by molar-refractivity contribution is 5.82. The maximum Gasteiger partial charge on any atom is 0.412 e. The Morgan fingerprint density at radius 3 is 2.45 bits per heavy atom. The van der Waals surface area contributed by atoms with Crippen LogP contribution in [0.5, 0.6) is 5.75 Å². The van der Waals surface area contributed by atoms with Gasteiger partial charge in [0, 0.05) is 36.0 Å². The fourth-order valence-electron chi connectivity index (χ4n) is 4.13. The largest absolute Gasteiger partial charge is 0.412 e. The highest BCUT2D eigenvalue weighted by Gasteiger charge is 2.34. The van der Waals surface area contributed by atoms with Crippen molar-refractivity contribution in [1.29, 1.82) is 0 Å². The van der Waals surface area contributed by atoms with Gasteiger partial charge in [-0.25, -0.2) is 9.78 Å². The molecule has 5 rings (SSSR count). The zero-order valence-electron chi connectivity index (χ0n) is 17.3. The summed E-state index contributed by atoms with van der Waals surface area (Å²) < 4.78 is 7.31. The third-order valence-electron chi connectivity index (χ3n) is 6.04. The molecule has 1 fully saturated rings. The second-order valence-corrected chi connectivity index (χ2v) is 7.99. The van der Waals surface area contributed by atoms with E-state index in [0.717, 1.165) is 35.4 Å². The first-order valence-corrected chi connectivity index (χ1v) is 10.4. The highest BCUT2D eigenvalue weighted by Crippen LogP contribution is 2.40. The summed E-state index contributed by atoms with van der Waals surface area (Å²) >= 11 is 0. The number of carbonyl (C=O) groups excluding carboxylic acids is 1. The normalized spacial score (nSPS) is 14.8. The van der Waals surface area contributed by atoms with Gasteiger partial charge in [0.15, 0.2) is 0 Å². The molecule has 4 aromatic rings. The third-order valence-corrected chi connectivity index (χ3v) is 6.04. The molecule has 0 atom stereocenters. The minimum Gasteiger partial charge on any atom is -0.410 e. The third kappa shape index (κ3) is 3.45. The van der Waals surface area contributed by atoms with Gasteiger partial charge in [-0.3, -0.25) is 4.40 Å². The van der Waals surface area contributed by atoms with E-state index in [-0.39, 0.29) is 5.54 Å². The quantitative estimate of drug-likeness (QED) is 0.508. The second kappa shape index (κ2) is 7.56. The minimum absolute atomic E-state index is 0.189. The Hall–Kier alpha value is -3.64. The summed E-state index contributed by atoms with van der Waals surface area (Å²) in [6.07, 6.45) is 4.61.